The van der Waals surface area contributed by atoms with Gasteiger partial charge in [-0.3, -0.25) is 0 Å². The third-order valence-corrected chi connectivity index (χ3v) is 4.80. The van der Waals surface area contributed by atoms with Crippen molar-refractivity contribution in [1.82, 2.24) is 9.80 Å². The summed E-state index contributed by atoms with van der Waals surface area (Å²) in [5, 5.41) is 0. The van der Waals surface area contributed by atoms with Gasteiger partial charge in [-0.25, -0.2) is 4.79 Å². The van der Waals surface area contributed by atoms with E-state index in [2.05, 4.69) is 16.7 Å². The van der Waals surface area contributed by atoms with Gasteiger partial charge >= 0.3 is 6.03 Å². The molecule has 110 valence electrons. The highest BCUT2D eigenvalue weighted by molar-refractivity contribution is 5.75. The van der Waals surface area contributed by atoms with Gasteiger partial charge in [-0.05, 0) is 31.6 Å². The molecule has 2 saturated heterocycles. The quantitative estimate of drug-likeness (QED) is 0.835. The van der Waals surface area contributed by atoms with E-state index < -0.39 is 0 Å². The molecule has 2 rings (SSSR count). The molecule has 0 aromatic rings. The molecule has 0 aromatic heterocycles. The molecule has 4 heteroatoms. The van der Waals surface area contributed by atoms with E-state index in [0.717, 1.165) is 51.2 Å². The molecule has 19 heavy (non-hydrogen) atoms. The van der Waals surface area contributed by atoms with Crippen LogP contribution in [0.25, 0.3) is 0 Å². The van der Waals surface area contributed by atoms with E-state index in [0.29, 0.717) is 6.54 Å². The molecular formula is C15H29N3O. The maximum Gasteiger partial charge on any atom is 0.320 e. The normalized spacial score (nSPS) is 29.2. The minimum absolute atomic E-state index is 0.243. The third kappa shape index (κ3) is 3.62. The van der Waals surface area contributed by atoms with E-state index in [1.54, 1.807) is 0 Å². The second kappa shape index (κ2) is 7.13. The van der Waals surface area contributed by atoms with Crippen LogP contribution in [0, 0.1) is 5.92 Å². The van der Waals surface area contributed by atoms with Crippen molar-refractivity contribution in [2.24, 2.45) is 11.7 Å². The van der Waals surface area contributed by atoms with E-state index in [-0.39, 0.29) is 12.1 Å². The Morgan fingerprint density at radius 1 is 1.16 bits per heavy atom. The van der Waals surface area contributed by atoms with Gasteiger partial charge in [-0.15, -0.1) is 0 Å². The van der Waals surface area contributed by atoms with Crippen LogP contribution in [-0.4, -0.2) is 48.1 Å². The zero-order chi connectivity index (χ0) is 13.7. The Kier molecular flexibility index (Phi) is 5.49. The van der Waals surface area contributed by atoms with Crippen molar-refractivity contribution in [2.45, 2.75) is 57.9 Å². The van der Waals surface area contributed by atoms with Crippen molar-refractivity contribution in [3.8, 4) is 0 Å². The summed E-state index contributed by atoms with van der Waals surface area (Å²) in [6, 6.07) is 0.501. The summed E-state index contributed by atoms with van der Waals surface area (Å²) in [7, 11) is 0. The zero-order valence-corrected chi connectivity index (χ0v) is 12.3. The third-order valence-electron chi connectivity index (χ3n) is 4.80. The summed E-state index contributed by atoms with van der Waals surface area (Å²) in [5.74, 6) is 0.752. The highest BCUT2D eigenvalue weighted by atomic mass is 16.2. The van der Waals surface area contributed by atoms with Gasteiger partial charge in [0.25, 0.3) is 0 Å². The Balaban J connectivity index is 1.96. The second-order valence-corrected chi connectivity index (χ2v) is 6.07. The fraction of sp³-hybridized carbons (Fsp3) is 0.933. The van der Waals surface area contributed by atoms with Crippen LogP contribution in [0.3, 0.4) is 0 Å². The van der Waals surface area contributed by atoms with Crippen LogP contribution < -0.4 is 5.73 Å². The van der Waals surface area contributed by atoms with Crippen molar-refractivity contribution in [3.05, 3.63) is 0 Å². The summed E-state index contributed by atoms with van der Waals surface area (Å²) in [4.78, 5) is 16.8. The molecule has 2 aliphatic rings. The van der Waals surface area contributed by atoms with Crippen LogP contribution in [0.2, 0.25) is 0 Å². The number of amides is 2. The first-order valence-electron chi connectivity index (χ1n) is 8.01. The number of nitrogens with two attached hydrogens (primary N) is 1. The highest BCUT2D eigenvalue weighted by Gasteiger charge is 2.32. The summed E-state index contributed by atoms with van der Waals surface area (Å²) in [6.07, 6.45) is 8.29. The molecule has 0 aliphatic carbocycles. The Hall–Kier alpha value is -0.770. The maximum atomic E-state index is 12.7. The standard InChI is InChI=1S/C15H29N3O/c1-2-13-7-10-18(14(11-13)12-16)15(19)17-8-5-3-4-6-9-17/h13-14H,2-12,16H2,1H3. The smallest absolute Gasteiger partial charge is 0.320 e. The molecule has 2 aliphatic heterocycles. The summed E-state index contributed by atoms with van der Waals surface area (Å²) in [5.41, 5.74) is 5.90. The Morgan fingerprint density at radius 2 is 1.84 bits per heavy atom. The highest BCUT2D eigenvalue weighted by Crippen LogP contribution is 2.26. The van der Waals surface area contributed by atoms with Gasteiger partial charge in [0.05, 0.1) is 0 Å². The van der Waals surface area contributed by atoms with Crippen LogP contribution in [0.5, 0.6) is 0 Å². The van der Waals surface area contributed by atoms with Gasteiger partial charge in [0.15, 0.2) is 0 Å². The molecule has 2 fully saturated rings. The molecule has 2 amide bonds. The Labute approximate surface area is 117 Å². The van der Waals surface area contributed by atoms with Gasteiger partial charge in [0.1, 0.15) is 0 Å². The number of hydrogen-bond acceptors (Lipinski definition) is 2. The van der Waals surface area contributed by atoms with Gasteiger partial charge in [0.2, 0.25) is 0 Å². The number of carbonyl (C=O) groups excluding carboxylic acids is 1. The molecule has 2 N–H and O–H groups in total. The van der Waals surface area contributed by atoms with Crippen molar-refractivity contribution in [3.63, 3.8) is 0 Å². The Morgan fingerprint density at radius 3 is 2.42 bits per heavy atom. The van der Waals surface area contributed by atoms with Crippen molar-refractivity contribution >= 4 is 6.03 Å². The molecular weight excluding hydrogens is 238 g/mol. The van der Waals surface area contributed by atoms with E-state index in [1.165, 1.54) is 19.3 Å². The molecule has 0 bridgehead atoms. The van der Waals surface area contributed by atoms with E-state index in [4.69, 9.17) is 5.73 Å². The molecule has 0 aromatic carbocycles. The van der Waals surface area contributed by atoms with Gasteiger partial charge in [-0.1, -0.05) is 26.2 Å². The number of piperidine rings is 1. The van der Waals surface area contributed by atoms with Gasteiger partial charge < -0.3 is 15.5 Å². The maximum absolute atomic E-state index is 12.7. The summed E-state index contributed by atoms with van der Waals surface area (Å²) < 4.78 is 0. The van der Waals surface area contributed by atoms with E-state index in [9.17, 15) is 4.79 Å². The first-order valence-corrected chi connectivity index (χ1v) is 8.01. The predicted molar refractivity (Wildman–Crippen MR) is 78.0 cm³/mol. The van der Waals surface area contributed by atoms with Crippen molar-refractivity contribution < 1.29 is 4.79 Å². The minimum atomic E-state index is 0.243. The van der Waals surface area contributed by atoms with Crippen molar-refractivity contribution in [2.75, 3.05) is 26.2 Å². The first-order chi connectivity index (χ1) is 9.26. The monoisotopic (exact) mass is 267 g/mol. The fourth-order valence-electron chi connectivity index (χ4n) is 3.42. The molecule has 2 atom stereocenters. The lowest BCUT2D eigenvalue weighted by molar-refractivity contribution is 0.100. The molecule has 0 saturated carbocycles. The average Bonchev–Trinajstić information content (AvgIpc) is 2.74. The molecule has 2 heterocycles. The number of nitrogens with zero attached hydrogens (tertiary/aromatic N) is 2. The fourth-order valence-corrected chi connectivity index (χ4v) is 3.42. The number of carbonyl (C=O) groups is 1. The lowest BCUT2D eigenvalue weighted by Gasteiger charge is -2.41. The van der Waals surface area contributed by atoms with Crippen LogP contribution in [0.4, 0.5) is 4.79 Å². The molecule has 0 spiro atoms. The number of likely N-dealkylation sites (tertiary alicyclic amines) is 2. The second-order valence-electron chi connectivity index (χ2n) is 6.07. The average molecular weight is 267 g/mol. The Bertz CT molecular complexity index is 287. The molecule has 0 radical (unpaired) electrons. The summed E-state index contributed by atoms with van der Waals surface area (Å²) in [6.45, 7) is 5.62. The largest absolute Gasteiger partial charge is 0.328 e. The number of urea groups is 1. The van der Waals surface area contributed by atoms with E-state index >= 15 is 0 Å². The summed E-state index contributed by atoms with van der Waals surface area (Å²) >= 11 is 0. The van der Waals surface area contributed by atoms with E-state index in [1.807, 2.05) is 0 Å². The lowest BCUT2D eigenvalue weighted by atomic mass is 9.89. The van der Waals surface area contributed by atoms with Crippen LogP contribution in [0.15, 0.2) is 0 Å². The van der Waals surface area contributed by atoms with Crippen LogP contribution in [0.1, 0.15) is 51.9 Å². The topological polar surface area (TPSA) is 49.6 Å². The lowest BCUT2D eigenvalue weighted by Crippen LogP contribution is -2.54. The molecule has 2 unspecified atom stereocenters. The van der Waals surface area contributed by atoms with Gasteiger partial charge in [-0.2, -0.15) is 0 Å². The minimum Gasteiger partial charge on any atom is -0.328 e. The van der Waals surface area contributed by atoms with Crippen molar-refractivity contribution in [1.29, 1.82) is 0 Å². The number of rotatable bonds is 2. The first kappa shape index (κ1) is 14.6. The van der Waals surface area contributed by atoms with Crippen LogP contribution in [-0.2, 0) is 0 Å². The predicted octanol–water partition coefficient (Wildman–Crippen LogP) is 2.43. The SMILES string of the molecule is CCC1CCN(C(=O)N2CCCCCC2)C(CN)C1. The molecule has 4 nitrogen and oxygen atoms in total. The van der Waals surface area contributed by atoms with Crippen LogP contribution >= 0.6 is 0 Å². The van der Waals surface area contributed by atoms with Gasteiger partial charge in [0, 0.05) is 32.2 Å². The zero-order valence-electron chi connectivity index (χ0n) is 12.3. The number of hydrogen-bond donors (Lipinski definition) is 1.